The maximum Gasteiger partial charge on any atom is 0.134 e. The van der Waals surface area contributed by atoms with E-state index in [1.807, 2.05) is 6.07 Å². The van der Waals surface area contributed by atoms with Crippen LogP contribution < -0.4 is 5.73 Å². The maximum atomic E-state index is 6.39. The van der Waals surface area contributed by atoms with E-state index in [2.05, 4.69) is 25.1 Å². The summed E-state index contributed by atoms with van der Waals surface area (Å²) < 4.78 is 5.92. The molecule has 2 saturated carbocycles. The van der Waals surface area contributed by atoms with Crippen LogP contribution in [0.15, 0.2) is 28.7 Å². The molecular weight excluding hydrogens is 222 g/mol. The summed E-state index contributed by atoms with van der Waals surface area (Å²) in [5, 5.41) is 1.18. The van der Waals surface area contributed by atoms with Crippen molar-refractivity contribution >= 4 is 11.0 Å². The predicted molar refractivity (Wildman–Crippen MR) is 72.2 cm³/mol. The van der Waals surface area contributed by atoms with E-state index in [0.29, 0.717) is 5.92 Å². The predicted octanol–water partition coefficient (Wildman–Crippen LogP) is 3.79. The van der Waals surface area contributed by atoms with Gasteiger partial charge in [0, 0.05) is 5.39 Å². The van der Waals surface area contributed by atoms with Crippen LogP contribution in [-0.4, -0.2) is 0 Å². The molecular formula is C16H19NO. The van der Waals surface area contributed by atoms with Crippen molar-refractivity contribution in [3.05, 3.63) is 35.6 Å². The second-order valence-electron chi connectivity index (χ2n) is 6.20. The lowest BCUT2D eigenvalue weighted by atomic mass is 9.93. The van der Waals surface area contributed by atoms with Crippen molar-refractivity contribution in [2.24, 2.45) is 23.5 Å². The van der Waals surface area contributed by atoms with Crippen LogP contribution in [0, 0.1) is 24.7 Å². The third-order valence-corrected chi connectivity index (χ3v) is 4.81. The Balaban J connectivity index is 1.65. The summed E-state index contributed by atoms with van der Waals surface area (Å²) in [7, 11) is 0. The van der Waals surface area contributed by atoms with Crippen LogP contribution in [0.2, 0.25) is 0 Å². The minimum atomic E-state index is 0.0884. The van der Waals surface area contributed by atoms with Gasteiger partial charge in [-0.1, -0.05) is 11.6 Å². The molecule has 0 aliphatic heterocycles. The smallest absolute Gasteiger partial charge is 0.134 e. The summed E-state index contributed by atoms with van der Waals surface area (Å²) in [5.41, 5.74) is 8.63. The number of hydrogen-bond acceptors (Lipinski definition) is 2. The average Bonchev–Trinajstić information content (AvgIpc) is 2.81. The molecule has 2 heteroatoms. The molecule has 0 bridgehead atoms. The van der Waals surface area contributed by atoms with Crippen LogP contribution in [-0.2, 0) is 0 Å². The Labute approximate surface area is 107 Å². The molecule has 2 aliphatic rings. The Kier molecular flexibility index (Phi) is 2.13. The number of furan rings is 1. The SMILES string of the molecule is Cc1ccc2oc(C(N)C3CC4CC4C3)cc2c1. The van der Waals surface area contributed by atoms with Gasteiger partial charge in [-0.3, -0.25) is 0 Å². The van der Waals surface area contributed by atoms with Crippen molar-refractivity contribution in [1.82, 2.24) is 0 Å². The number of nitrogens with two attached hydrogens (primary N) is 1. The normalized spacial score (nSPS) is 31.6. The second kappa shape index (κ2) is 3.61. The molecule has 18 heavy (non-hydrogen) atoms. The Bertz CT molecular complexity index is 590. The lowest BCUT2D eigenvalue weighted by Crippen LogP contribution is -2.19. The summed E-state index contributed by atoms with van der Waals surface area (Å²) in [6, 6.07) is 8.53. The van der Waals surface area contributed by atoms with E-state index in [1.54, 1.807) is 0 Å². The first-order chi connectivity index (χ1) is 8.70. The molecule has 2 nitrogen and oxygen atoms in total. The van der Waals surface area contributed by atoms with E-state index in [9.17, 15) is 0 Å². The lowest BCUT2D eigenvalue weighted by molar-refractivity contribution is 0.355. The summed E-state index contributed by atoms with van der Waals surface area (Å²) in [4.78, 5) is 0. The van der Waals surface area contributed by atoms with Crippen molar-refractivity contribution in [3.63, 3.8) is 0 Å². The Morgan fingerprint density at radius 1 is 1.17 bits per heavy atom. The molecule has 4 rings (SSSR count). The van der Waals surface area contributed by atoms with Gasteiger partial charge in [-0.05, 0) is 62.1 Å². The van der Waals surface area contributed by atoms with Gasteiger partial charge in [-0.2, -0.15) is 0 Å². The van der Waals surface area contributed by atoms with E-state index >= 15 is 0 Å². The topological polar surface area (TPSA) is 39.2 Å². The molecule has 1 aromatic heterocycles. The van der Waals surface area contributed by atoms with Gasteiger partial charge in [0.05, 0.1) is 6.04 Å². The molecule has 3 unspecified atom stereocenters. The molecule has 0 radical (unpaired) electrons. The number of hydrogen-bond donors (Lipinski definition) is 1. The third kappa shape index (κ3) is 1.59. The Morgan fingerprint density at radius 3 is 2.72 bits per heavy atom. The van der Waals surface area contributed by atoms with Gasteiger partial charge < -0.3 is 10.2 Å². The van der Waals surface area contributed by atoms with Crippen LogP contribution >= 0.6 is 0 Å². The number of benzene rings is 1. The Hall–Kier alpha value is -1.28. The van der Waals surface area contributed by atoms with Crippen LogP contribution in [0.3, 0.4) is 0 Å². The van der Waals surface area contributed by atoms with Gasteiger partial charge in [0.2, 0.25) is 0 Å². The van der Waals surface area contributed by atoms with Crippen molar-refractivity contribution < 1.29 is 4.42 Å². The largest absolute Gasteiger partial charge is 0.459 e. The second-order valence-corrected chi connectivity index (χ2v) is 6.20. The monoisotopic (exact) mass is 241 g/mol. The highest BCUT2D eigenvalue weighted by molar-refractivity contribution is 5.78. The minimum absolute atomic E-state index is 0.0884. The van der Waals surface area contributed by atoms with Gasteiger partial charge in [-0.15, -0.1) is 0 Å². The first kappa shape index (κ1) is 10.6. The van der Waals surface area contributed by atoms with Crippen molar-refractivity contribution in [1.29, 1.82) is 0 Å². The van der Waals surface area contributed by atoms with Gasteiger partial charge >= 0.3 is 0 Å². The van der Waals surface area contributed by atoms with E-state index in [0.717, 1.165) is 23.2 Å². The minimum Gasteiger partial charge on any atom is -0.459 e. The highest BCUT2D eigenvalue weighted by Gasteiger charge is 2.47. The van der Waals surface area contributed by atoms with Crippen LogP contribution in [0.4, 0.5) is 0 Å². The highest BCUT2D eigenvalue weighted by Crippen LogP contribution is 2.56. The van der Waals surface area contributed by atoms with Gasteiger partial charge in [0.15, 0.2) is 0 Å². The molecule has 0 spiro atoms. The van der Waals surface area contributed by atoms with Crippen LogP contribution in [0.5, 0.6) is 0 Å². The quantitative estimate of drug-likeness (QED) is 0.868. The third-order valence-electron chi connectivity index (χ3n) is 4.81. The molecule has 1 aromatic carbocycles. The molecule has 2 fully saturated rings. The summed E-state index contributed by atoms with van der Waals surface area (Å²) in [5.74, 6) is 3.57. The first-order valence-corrected chi connectivity index (χ1v) is 6.96. The summed E-state index contributed by atoms with van der Waals surface area (Å²) in [6.07, 6.45) is 4.06. The summed E-state index contributed by atoms with van der Waals surface area (Å²) >= 11 is 0. The lowest BCUT2D eigenvalue weighted by Gasteiger charge is -2.18. The fourth-order valence-electron chi connectivity index (χ4n) is 3.63. The zero-order chi connectivity index (χ0) is 12.3. The fraction of sp³-hybridized carbons (Fsp3) is 0.500. The van der Waals surface area contributed by atoms with Crippen molar-refractivity contribution in [2.75, 3.05) is 0 Å². The van der Waals surface area contributed by atoms with Gasteiger partial charge in [0.25, 0.3) is 0 Å². The average molecular weight is 241 g/mol. The van der Waals surface area contributed by atoms with E-state index in [4.69, 9.17) is 10.2 Å². The van der Waals surface area contributed by atoms with Gasteiger partial charge in [0.1, 0.15) is 11.3 Å². The number of fused-ring (bicyclic) bond motifs is 2. The van der Waals surface area contributed by atoms with E-state index in [-0.39, 0.29) is 6.04 Å². The molecule has 2 aromatic rings. The molecule has 0 saturated heterocycles. The molecule has 1 heterocycles. The first-order valence-electron chi connectivity index (χ1n) is 6.96. The van der Waals surface area contributed by atoms with Crippen LogP contribution in [0.1, 0.15) is 36.6 Å². The summed E-state index contributed by atoms with van der Waals surface area (Å²) in [6.45, 7) is 2.11. The molecule has 0 amide bonds. The fourth-order valence-corrected chi connectivity index (χ4v) is 3.63. The van der Waals surface area contributed by atoms with Gasteiger partial charge in [-0.25, -0.2) is 0 Å². The standard InChI is InChI=1S/C16H19NO/c1-9-2-3-14-12(4-9)8-15(18-14)16(17)13-6-10-5-11(10)7-13/h2-4,8,10-11,13,16H,5-7,17H2,1H3. The Morgan fingerprint density at radius 2 is 1.94 bits per heavy atom. The van der Waals surface area contributed by atoms with Crippen LogP contribution in [0.25, 0.3) is 11.0 Å². The van der Waals surface area contributed by atoms with Crippen molar-refractivity contribution in [2.45, 2.75) is 32.2 Å². The zero-order valence-corrected chi connectivity index (χ0v) is 10.7. The molecule has 2 N–H and O–H groups in total. The van der Waals surface area contributed by atoms with E-state index < -0.39 is 0 Å². The highest BCUT2D eigenvalue weighted by atomic mass is 16.3. The zero-order valence-electron chi connectivity index (χ0n) is 10.7. The maximum absolute atomic E-state index is 6.39. The van der Waals surface area contributed by atoms with E-state index in [1.165, 1.54) is 30.2 Å². The molecule has 3 atom stereocenters. The van der Waals surface area contributed by atoms with Crippen molar-refractivity contribution in [3.8, 4) is 0 Å². The molecule has 94 valence electrons. The number of aryl methyl sites for hydroxylation is 1. The molecule has 2 aliphatic carbocycles. The number of rotatable bonds is 2.